The van der Waals surface area contributed by atoms with Gasteiger partial charge in [0.1, 0.15) is 18.8 Å². The summed E-state index contributed by atoms with van der Waals surface area (Å²) in [5, 5.41) is 17.3. The molecule has 0 radical (unpaired) electrons. The van der Waals surface area contributed by atoms with Gasteiger partial charge in [-0.3, -0.25) is 14.4 Å². The van der Waals surface area contributed by atoms with Gasteiger partial charge in [-0.25, -0.2) is 9.69 Å². The van der Waals surface area contributed by atoms with Crippen LogP contribution in [0.2, 0.25) is 0 Å². The van der Waals surface area contributed by atoms with E-state index < -0.39 is 42.5 Å². The lowest BCUT2D eigenvalue weighted by molar-refractivity contribution is -0.145. The van der Waals surface area contributed by atoms with Crippen LogP contribution in [-0.2, 0) is 14.4 Å². The van der Waals surface area contributed by atoms with Gasteiger partial charge in [0.2, 0.25) is 0 Å². The second kappa shape index (κ2) is 4.22. The van der Waals surface area contributed by atoms with E-state index in [1.54, 1.807) is 0 Å². The number of urea groups is 1. The van der Waals surface area contributed by atoms with Gasteiger partial charge in [-0.2, -0.15) is 4.90 Å². The molecule has 17 heavy (non-hydrogen) atoms. The Morgan fingerprint density at radius 2 is 1.59 bits per heavy atom. The molecule has 1 aliphatic heterocycles. The number of hydrogen-bond donors (Lipinski definition) is 2. The fourth-order valence-corrected chi connectivity index (χ4v) is 1.58. The molecule has 1 rings (SSSR count). The van der Waals surface area contributed by atoms with Crippen LogP contribution in [0.5, 0.6) is 0 Å². The Morgan fingerprint density at radius 1 is 1.12 bits per heavy atom. The van der Waals surface area contributed by atoms with E-state index in [0.717, 1.165) is 0 Å². The molecule has 8 heteroatoms. The number of aliphatic hydroxyl groups is 2. The van der Waals surface area contributed by atoms with Gasteiger partial charge in [0, 0.05) is 0 Å². The first kappa shape index (κ1) is 13.3. The predicted molar refractivity (Wildman–Crippen MR) is 52.3 cm³/mol. The van der Waals surface area contributed by atoms with Crippen LogP contribution in [0.25, 0.3) is 0 Å². The third-order valence-electron chi connectivity index (χ3n) is 2.44. The first-order valence-corrected chi connectivity index (χ1v) is 4.75. The minimum Gasteiger partial charge on any atom is -0.387 e. The first-order valence-electron chi connectivity index (χ1n) is 4.75. The van der Waals surface area contributed by atoms with Crippen molar-refractivity contribution in [1.29, 1.82) is 0 Å². The molecule has 0 unspecified atom stereocenters. The van der Waals surface area contributed by atoms with Crippen LogP contribution in [0.1, 0.15) is 13.8 Å². The lowest BCUT2D eigenvalue weighted by Gasteiger charge is -2.24. The average molecular weight is 244 g/mol. The van der Waals surface area contributed by atoms with E-state index in [-0.39, 0.29) is 4.90 Å². The second-order valence-corrected chi connectivity index (χ2v) is 3.92. The van der Waals surface area contributed by atoms with E-state index in [4.69, 9.17) is 10.2 Å². The molecule has 0 aliphatic carbocycles. The van der Waals surface area contributed by atoms with Crippen LogP contribution in [0.15, 0.2) is 0 Å². The smallest absolute Gasteiger partial charge is 0.341 e. The number of nitrogens with zero attached hydrogens (tertiary/aromatic N) is 2. The topological polar surface area (TPSA) is 115 Å². The van der Waals surface area contributed by atoms with Gasteiger partial charge in [-0.05, 0) is 13.8 Å². The quantitative estimate of drug-likeness (QED) is 0.546. The van der Waals surface area contributed by atoms with E-state index in [1.165, 1.54) is 13.8 Å². The fraction of sp³-hybridized carbons (Fsp3) is 0.556. The van der Waals surface area contributed by atoms with Crippen molar-refractivity contribution in [3.63, 3.8) is 0 Å². The van der Waals surface area contributed by atoms with E-state index >= 15 is 0 Å². The van der Waals surface area contributed by atoms with Crippen molar-refractivity contribution in [2.75, 3.05) is 13.2 Å². The molecule has 1 aliphatic rings. The highest BCUT2D eigenvalue weighted by atomic mass is 16.3. The summed E-state index contributed by atoms with van der Waals surface area (Å²) in [5.74, 6) is -3.01. The lowest BCUT2D eigenvalue weighted by atomic mass is 10.0. The molecule has 0 aromatic carbocycles. The van der Waals surface area contributed by atoms with E-state index in [9.17, 15) is 19.2 Å². The van der Waals surface area contributed by atoms with Gasteiger partial charge in [0.15, 0.2) is 0 Å². The number of carbonyl (C=O) groups is 4. The summed E-state index contributed by atoms with van der Waals surface area (Å²) in [6.07, 6.45) is 0. The largest absolute Gasteiger partial charge is 0.387 e. The van der Waals surface area contributed by atoms with Crippen molar-refractivity contribution in [3.8, 4) is 0 Å². The summed E-state index contributed by atoms with van der Waals surface area (Å²) in [7, 11) is 0. The van der Waals surface area contributed by atoms with E-state index in [2.05, 4.69) is 0 Å². The molecule has 0 bridgehead atoms. The standard InChI is InChI=1S/C9H12N2O6/c1-9(2)7(16)10(5(14)3-12)8(17)11(9)6(15)4-13/h12-13H,3-4H2,1-2H3. The third-order valence-corrected chi connectivity index (χ3v) is 2.44. The monoisotopic (exact) mass is 244 g/mol. The zero-order chi connectivity index (χ0) is 13.4. The Balaban J connectivity index is 3.20. The second-order valence-electron chi connectivity index (χ2n) is 3.92. The molecule has 0 atom stereocenters. The highest BCUT2D eigenvalue weighted by molar-refractivity contribution is 6.22. The lowest BCUT2D eigenvalue weighted by Crippen LogP contribution is -2.48. The molecule has 5 amide bonds. The number of rotatable bonds is 2. The molecule has 2 N–H and O–H groups in total. The average Bonchev–Trinajstić information content (AvgIpc) is 2.44. The van der Waals surface area contributed by atoms with Crippen LogP contribution in [0.3, 0.4) is 0 Å². The van der Waals surface area contributed by atoms with Crippen molar-refractivity contribution >= 4 is 23.8 Å². The van der Waals surface area contributed by atoms with Crippen molar-refractivity contribution in [3.05, 3.63) is 0 Å². The van der Waals surface area contributed by atoms with Gasteiger partial charge in [0.05, 0.1) is 0 Å². The molecule has 0 aromatic rings. The molecule has 0 aromatic heterocycles. The number of amides is 5. The Kier molecular flexibility index (Phi) is 3.30. The summed E-state index contributed by atoms with van der Waals surface area (Å²) >= 11 is 0. The Hall–Kier alpha value is -1.80. The summed E-state index contributed by atoms with van der Waals surface area (Å²) in [6.45, 7) is 0.565. The van der Waals surface area contributed by atoms with Gasteiger partial charge < -0.3 is 10.2 Å². The van der Waals surface area contributed by atoms with Crippen molar-refractivity contribution in [2.24, 2.45) is 0 Å². The van der Waals surface area contributed by atoms with E-state index in [1.807, 2.05) is 0 Å². The van der Waals surface area contributed by atoms with Gasteiger partial charge in [-0.1, -0.05) is 0 Å². The molecule has 94 valence electrons. The van der Waals surface area contributed by atoms with Crippen LogP contribution < -0.4 is 0 Å². The minimum absolute atomic E-state index is 0.202. The number of hydrogen-bond acceptors (Lipinski definition) is 6. The van der Waals surface area contributed by atoms with Crippen molar-refractivity contribution < 1.29 is 29.4 Å². The van der Waals surface area contributed by atoms with Gasteiger partial charge >= 0.3 is 6.03 Å². The van der Waals surface area contributed by atoms with Crippen LogP contribution >= 0.6 is 0 Å². The third kappa shape index (κ3) is 1.81. The molecule has 1 fully saturated rings. The normalized spacial score (nSPS) is 18.8. The Bertz CT molecular complexity index is 402. The molecular weight excluding hydrogens is 232 g/mol. The highest BCUT2D eigenvalue weighted by Crippen LogP contribution is 2.27. The molecule has 1 saturated heterocycles. The maximum Gasteiger partial charge on any atom is 0.341 e. The first-order chi connectivity index (χ1) is 7.78. The fourth-order valence-electron chi connectivity index (χ4n) is 1.58. The number of carbonyl (C=O) groups excluding carboxylic acids is 4. The Morgan fingerprint density at radius 3 is 2.00 bits per heavy atom. The van der Waals surface area contributed by atoms with Gasteiger partial charge in [-0.15, -0.1) is 0 Å². The van der Waals surface area contributed by atoms with Crippen molar-refractivity contribution in [1.82, 2.24) is 9.80 Å². The maximum atomic E-state index is 11.8. The summed E-state index contributed by atoms with van der Waals surface area (Å²) in [6, 6.07) is -1.15. The summed E-state index contributed by atoms with van der Waals surface area (Å²) < 4.78 is 0. The van der Waals surface area contributed by atoms with Crippen LogP contribution in [0, 0.1) is 0 Å². The summed E-state index contributed by atoms with van der Waals surface area (Å²) in [4.78, 5) is 46.7. The predicted octanol–water partition coefficient (Wildman–Crippen LogP) is -1.93. The zero-order valence-electron chi connectivity index (χ0n) is 9.34. The van der Waals surface area contributed by atoms with E-state index in [0.29, 0.717) is 4.90 Å². The molecule has 0 saturated carbocycles. The SMILES string of the molecule is CC1(C)C(=O)N(C(=O)CO)C(=O)N1C(=O)CO. The number of aliphatic hydroxyl groups excluding tert-OH is 2. The number of imide groups is 4. The van der Waals surface area contributed by atoms with Gasteiger partial charge in [0.25, 0.3) is 17.7 Å². The highest BCUT2D eigenvalue weighted by Gasteiger charge is 2.56. The molecule has 8 nitrogen and oxygen atoms in total. The summed E-state index contributed by atoms with van der Waals surface area (Å²) in [5.41, 5.74) is -1.55. The molecule has 1 heterocycles. The maximum absolute atomic E-state index is 11.8. The van der Waals surface area contributed by atoms with Crippen molar-refractivity contribution in [2.45, 2.75) is 19.4 Å². The van der Waals surface area contributed by atoms with Crippen LogP contribution in [-0.4, -0.2) is 62.5 Å². The zero-order valence-corrected chi connectivity index (χ0v) is 9.34. The van der Waals surface area contributed by atoms with Crippen LogP contribution in [0.4, 0.5) is 4.79 Å². The minimum atomic E-state index is -1.55. The molecule has 0 spiro atoms. The molecular formula is C9H12N2O6. The Labute approximate surface area is 96.4 Å².